The van der Waals surface area contributed by atoms with Crippen molar-refractivity contribution in [3.05, 3.63) is 84.2 Å². The zero-order valence-corrected chi connectivity index (χ0v) is 14.8. The molecule has 3 aromatic rings. The van der Waals surface area contributed by atoms with Crippen molar-refractivity contribution in [1.82, 2.24) is 4.98 Å². The van der Waals surface area contributed by atoms with Crippen molar-refractivity contribution in [1.29, 1.82) is 0 Å². The fourth-order valence-corrected chi connectivity index (χ4v) is 3.35. The zero-order chi connectivity index (χ0) is 18.6. The molecule has 0 radical (unpaired) electrons. The number of aromatic nitrogens is 1. The molecular weight excluding hydrogens is 350 g/mol. The summed E-state index contributed by atoms with van der Waals surface area (Å²) in [5.74, 6) is -0.332. The lowest BCUT2D eigenvalue weighted by Gasteiger charge is -2.10. The van der Waals surface area contributed by atoms with Gasteiger partial charge in [-0.15, -0.1) is 0 Å². The van der Waals surface area contributed by atoms with E-state index in [0.29, 0.717) is 16.9 Å². The van der Waals surface area contributed by atoms with Crippen LogP contribution in [0.4, 0.5) is 11.4 Å². The fourth-order valence-electron chi connectivity index (χ4n) is 2.30. The number of hydrogen-bond acceptors (Lipinski definition) is 4. The Morgan fingerprint density at radius 2 is 1.65 bits per heavy atom. The van der Waals surface area contributed by atoms with Crippen LogP contribution in [0.25, 0.3) is 0 Å². The van der Waals surface area contributed by atoms with Crippen LogP contribution in [0.15, 0.2) is 78.0 Å². The second-order valence-electron chi connectivity index (χ2n) is 5.64. The quantitative estimate of drug-likeness (QED) is 0.723. The third-order valence-corrected chi connectivity index (χ3v) is 5.14. The molecule has 0 fully saturated rings. The number of nitrogens with one attached hydrogen (secondary N) is 2. The first-order chi connectivity index (χ1) is 12.5. The van der Waals surface area contributed by atoms with Crippen molar-refractivity contribution in [3.63, 3.8) is 0 Å². The Morgan fingerprint density at radius 3 is 2.31 bits per heavy atom. The number of anilines is 2. The van der Waals surface area contributed by atoms with Gasteiger partial charge in [0, 0.05) is 17.4 Å². The van der Waals surface area contributed by atoms with E-state index in [1.165, 1.54) is 24.3 Å². The summed E-state index contributed by atoms with van der Waals surface area (Å²) >= 11 is 0. The van der Waals surface area contributed by atoms with Gasteiger partial charge in [0.1, 0.15) is 0 Å². The average molecular weight is 367 g/mol. The number of sulfonamides is 1. The number of para-hydroxylation sites is 1. The topological polar surface area (TPSA) is 88.2 Å². The minimum atomic E-state index is -3.71. The van der Waals surface area contributed by atoms with Crippen molar-refractivity contribution >= 4 is 27.3 Å². The molecule has 2 aromatic carbocycles. The van der Waals surface area contributed by atoms with Crippen LogP contribution >= 0.6 is 0 Å². The third kappa shape index (κ3) is 4.07. The molecule has 3 rings (SSSR count). The first-order valence-corrected chi connectivity index (χ1v) is 9.34. The van der Waals surface area contributed by atoms with E-state index in [2.05, 4.69) is 15.0 Å². The molecule has 0 saturated heterocycles. The molecule has 1 aromatic heterocycles. The molecule has 0 unspecified atom stereocenters. The highest BCUT2D eigenvalue weighted by Crippen LogP contribution is 2.18. The van der Waals surface area contributed by atoms with E-state index >= 15 is 0 Å². The fraction of sp³-hybridized carbons (Fsp3) is 0.0526. The van der Waals surface area contributed by atoms with E-state index in [-0.39, 0.29) is 10.8 Å². The Morgan fingerprint density at radius 1 is 0.962 bits per heavy atom. The maximum Gasteiger partial charge on any atom is 0.261 e. The minimum Gasteiger partial charge on any atom is -0.320 e. The number of carbonyl (C=O) groups is 1. The highest BCUT2D eigenvalue weighted by molar-refractivity contribution is 7.92. The van der Waals surface area contributed by atoms with Gasteiger partial charge in [0.05, 0.1) is 16.8 Å². The van der Waals surface area contributed by atoms with Crippen LogP contribution in [0.1, 0.15) is 15.9 Å². The predicted molar refractivity (Wildman–Crippen MR) is 101 cm³/mol. The van der Waals surface area contributed by atoms with Crippen LogP contribution in [0.3, 0.4) is 0 Å². The van der Waals surface area contributed by atoms with Gasteiger partial charge < -0.3 is 5.32 Å². The molecule has 2 N–H and O–H groups in total. The lowest BCUT2D eigenvalue weighted by molar-refractivity contribution is 0.102. The Bertz CT molecular complexity index is 1020. The summed E-state index contributed by atoms with van der Waals surface area (Å²) < 4.78 is 27.3. The molecule has 7 heteroatoms. The molecule has 6 nitrogen and oxygen atoms in total. The predicted octanol–water partition coefficient (Wildman–Crippen LogP) is 3.44. The van der Waals surface area contributed by atoms with Gasteiger partial charge in [-0.2, -0.15) is 0 Å². The molecule has 0 aliphatic carbocycles. The SMILES string of the molecule is Cc1ccncc1NC(=O)c1ccc(S(=O)(=O)Nc2ccccc2)cc1. The monoisotopic (exact) mass is 367 g/mol. The van der Waals surface area contributed by atoms with E-state index in [4.69, 9.17) is 0 Å². The molecule has 0 aliphatic heterocycles. The van der Waals surface area contributed by atoms with Crippen LogP contribution < -0.4 is 10.0 Å². The molecule has 0 atom stereocenters. The van der Waals surface area contributed by atoms with Gasteiger partial charge in [0.25, 0.3) is 15.9 Å². The number of carbonyl (C=O) groups excluding carboxylic acids is 1. The van der Waals surface area contributed by atoms with Crippen LogP contribution in [-0.4, -0.2) is 19.3 Å². The summed E-state index contributed by atoms with van der Waals surface area (Å²) in [6.45, 7) is 1.86. The number of rotatable bonds is 5. The molecule has 1 amide bonds. The Hall–Kier alpha value is -3.19. The van der Waals surface area contributed by atoms with Crippen LogP contribution in [0.2, 0.25) is 0 Å². The molecule has 1 heterocycles. The van der Waals surface area contributed by atoms with E-state index < -0.39 is 10.0 Å². The van der Waals surface area contributed by atoms with Gasteiger partial charge in [0.15, 0.2) is 0 Å². The minimum absolute atomic E-state index is 0.0791. The van der Waals surface area contributed by atoms with E-state index in [1.807, 2.05) is 6.92 Å². The number of hydrogen-bond donors (Lipinski definition) is 2. The van der Waals surface area contributed by atoms with Crippen LogP contribution in [0.5, 0.6) is 0 Å². The Labute approximate surface area is 152 Å². The highest BCUT2D eigenvalue weighted by Gasteiger charge is 2.15. The van der Waals surface area contributed by atoms with Gasteiger partial charge in [-0.3, -0.25) is 14.5 Å². The summed E-state index contributed by atoms with van der Waals surface area (Å²) in [6.07, 6.45) is 3.21. The molecule has 132 valence electrons. The molecule has 0 spiro atoms. The van der Waals surface area contributed by atoms with Crippen molar-refractivity contribution in [3.8, 4) is 0 Å². The number of aryl methyl sites for hydroxylation is 1. The number of amides is 1. The standard InChI is InChI=1S/C19H17N3O3S/c1-14-11-12-20-13-18(14)21-19(23)15-7-9-17(10-8-15)26(24,25)22-16-5-3-2-4-6-16/h2-13,22H,1H3,(H,21,23). The Kier molecular flexibility index (Phi) is 4.99. The molecule has 0 saturated carbocycles. The smallest absolute Gasteiger partial charge is 0.261 e. The number of pyridine rings is 1. The lowest BCUT2D eigenvalue weighted by atomic mass is 10.2. The van der Waals surface area contributed by atoms with Gasteiger partial charge in [-0.25, -0.2) is 8.42 Å². The van der Waals surface area contributed by atoms with Crippen LogP contribution in [0, 0.1) is 6.92 Å². The lowest BCUT2D eigenvalue weighted by Crippen LogP contribution is -2.15. The molecule has 26 heavy (non-hydrogen) atoms. The molecular formula is C19H17N3O3S. The van der Waals surface area contributed by atoms with E-state index in [0.717, 1.165) is 5.56 Å². The second-order valence-corrected chi connectivity index (χ2v) is 7.32. The van der Waals surface area contributed by atoms with Crippen LogP contribution in [-0.2, 0) is 10.0 Å². The average Bonchev–Trinajstić information content (AvgIpc) is 2.64. The number of benzene rings is 2. The van der Waals surface area contributed by atoms with Gasteiger partial charge >= 0.3 is 0 Å². The highest BCUT2D eigenvalue weighted by atomic mass is 32.2. The first-order valence-electron chi connectivity index (χ1n) is 7.85. The molecule has 0 bridgehead atoms. The van der Waals surface area contributed by atoms with Crippen molar-refractivity contribution in [2.45, 2.75) is 11.8 Å². The normalized spacial score (nSPS) is 11.0. The summed E-state index contributed by atoms with van der Waals surface area (Å²) in [7, 11) is -3.71. The van der Waals surface area contributed by atoms with Crippen molar-refractivity contribution < 1.29 is 13.2 Å². The summed E-state index contributed by atoms with van der Waals surface area (Å²) in [4.78, 5) is 16.4. The second kappa shape index (κ2) is 7.37. The first kappa shape index (κ1) is 17.6. The zero-order valence-electron chi connectivity index (χ0n) is 14.0. The van der Waals surface area contributed by atoms with E-state index in [1.54, 1.807) is 48.8 Å². The largest absolute Gasteiger partial charge is 0.320 e. The Balaban J connectivity index is 1.75. The van der Waals surface area contributed by atoms with Crippen molar-refractivity contribution in [2.75, 3.05) is 10.0 Å². The maximum atomic E-state index is 12.4. The van der Waals surface area contributed by atoms with Gasteiger partial charge in [0.2, 0.25) is 0 Å². The summed E-state index contributed by atoms with van der Waals surface area (Å²) in [5, 5.41) is 2.76. The summed E-state index contributed by atoms with van der Waals surface area (Å²) in [5.41, 5.74) is 2.33. The summed E-state index contributed by atoms with van der Waals surface area (Å²) in [6, 6.07) is 16.1. The van der Waals surface area contributed by atoms with Gasteiger partial charge in [-0.1, -0.05) is 18.2 Å². The molecule has 0 aliphatic rings. The number of nitrogens with zero attached hydrogens (tertiary/aromatic N) is 1. The maximum absolute atomic E-state index is 12.4. The van der Waals surface area contributed by atoms with E-state index in [9.17, 15) is 13.2 Å². The van der Waals surface area contributed by atoms with Gasteiger partial charge in [-0.05, 0) is 55.0 Å². The van der Waals surface area contributed by atoms with Crippen molar-refractivity contribution in [2.24, 2.45) is 0 Å². The third-order valence-electron chi connectivity index (χ3n) is 3.74.